The summed E-state index contributed by atoms with van der Waals surface area (Å²) in [6, 6.07) is 8.34. The van der Waals surface area contributed by atoms with Gasteiger partial charge in [-0.3, -0.25) is 4.79 Å². The molecule has 21 heavy (non-hydrogen) atoms. The van der Waals surface area contributed by atoms with Gasteiger partial charge < -0.3 is 20.9 Å². The zero-order valence-corrected chi connectivity index (χ0v) is 12.2. The number of aromatic hydroxyl groups is 1. The van der Waals surface area contributed by atoms with Crippen molar-refractivity contribution in [3.05, 3.63) is 47.0 Å². The first-order chi connectivity index (χ1) is 9.93. The van der Waals surface area contributed by atoms with Gasteiger partial charge in [-0.1, -0.05) is 6.07 Å². The van der Waals surface area contributed by atoms with E-state index in [0.717, 1.165) is 11.1 Å². The number of methoxy groups -OCH3 is 1. The molecule has 0 aliphatic carbocycles. The molecule has 0 saturated heterocycles. The predicted molar refractivity (Wildman–Crippen MR) is 82.9 cm³/mol. The molecule has 0 aliphatic heterocycles. The quantitative estimate of drug-likeness (QED) is 0.757. The number of hydrogen-bond acceptors (Lipinski definition) is 4. The Morgan fingerprint density at radius 3 is 2.57 bits per heavy atom. The van der Waals surface area contributed by atoms with Crippen LogP contribution in [0.25, 0.3) is 0 Å². The molecule has 0 unspecified atom stereocenters. The highest BCUT2D eigenvalue weighted by molar-refractivity contribution is 6.08. The van der Waals surface area contributed by atoms with E-state index in [2.05, 4.69) is 5.32 Å². The largest absolute Gasteiger partial charge is 0.504 e. The second-order valence-corrected chi connectivity index (χ2v) is 4.83. The van der Waals surface area contributed by atoms with Gasteiger partial charge in [-0.25, -0.2) is 0 Å². The fraction of sp³-hybridized carbons (Fsp3) is 0.188. The van der Waals surface area contributed by atoms with Crippen LogP contribution in [0.3, 0.4) is 0 Å². The number of phenols is 1. The molecule has 0 saturated carbocycles. The van der Waals surface area contributed by atoms with Gasteiger partial charge in [-0.2, -0.15) is 0 Å². The van der Waals surface area contributed by atoms with E-state index < -0.39 is 5.91 Å². The molecule has 5 nitrogen and oxygen atoms in total. The lowest BCUT2D eigenvalue weighted by Crippen LogP contribution is -2.14. The van der Waals surface area contributed by atoms with Gasteiger partial charge in [0.15, 0.2) is 11.5 Å². The van der Waals surface area contributed by atoms with E-state index in [1.165, 1.54) is 13.2 Å². The van der Waals surface area contributed by atoms with Gasteiger partial charge in [0, 0.05) is 0 Å². The standard InChI is InChI=1S/C16H18N2O3/c1-9-7-12(17)13(8-10(9)2)18-16(20)11-5-4-6-14(21-3)15(11)19/h4-8,19H,17H2,1-3H3,(H,18,20). The van der Waals surface area contributed by atoms with Gasteiger partial charge in [0.05, 0.1) is 24.0 Å². The smallest absolute Gasteiger partial charge is 0.259 e. The first kappa shape index (κ1) is 14.7. The minimum absolute atomic E-state index is 0.131. The maximum atomic E-state index is 12.3. The lowest BCUT2D eigenvalue weighted by Gasteiger charge is -2.12. The summed E-state index contributed by atoms with van der Waals surface area (Å²) in [6.07, 6.45) is 0. The van der Waals surface area contributed by atoms with Crippen molar-refractivity contribution in [3.8, 4) is 11.5 Å². The van der Waals surface area contributed by atoms with Crippen LogP contribution >= 0.6 is 0 Å². The Labute approximate surface area is 123 Å². The normalized spacial score (nSPS) is 10.2. The summed E-state index contributed by atoms with van der Waals surface area (Å²) < 4.78 is 4.99. The van der Waals surface area contributed by atoms with E-state index >= 15 is 0 Å². The first-order valence-corrected chi connectivity index (χ1v) is 6.48. The number of phenolic OH excluding ortho intramolecular Hbond substituents is 1. The zero-order valence-electron chi connectivity index (χ0n) is 12.2. The Hall–Kier alpha value is -2.69. The maximum absolute atomic E-state index is 12.3. The molecular formula is C16H18N2O3. The van der Waals surface area contributed by atoms with Crippen molar-refractivity contribution >= 4 is 17.3 Å². The number of nitrogen functional groups attached to an aromatic ring is 1. The third kappa shape index (κ3) is 2.91. The van der Waals surface area contributed by atoms with E-state index in [0.29, 0.717) is 11.4 Å². The van der Waals surface area contributed by atoms with Crippen LogP contribution in [0.2, 0.25) is 0 Å². The molecule has 2 aromatic carbocycles. The Balaban J connectivity index is 2.33. The molecule has 2 aromatic rings. The number of nitrogens with one attached hydrogen (secondary N) is 1. The van der Waals surface area contributed by atoms with Crippen LogP contribution in [0.15, 0.2) is 30.3 Å². The molecule has 5 heteroatoms. The third-order valence-electron chi connectivity index (χ3n) is 3.38. The Bertz CT molecular complexity index is 696. The number of rotatable bonds is 3. The highest BCUT2D eigenvalue weighted by Crippen LogP contribution is 2.30. The predicted octanol–water partition coefficient (Wildman–Crippen LogP) is 2.85. The molecule has 0 radical (unpaired) electrons. The lowest BCUT2D eigenvalue weighted by atomic mass is 10.1. The summed E-state index contributed by atoms with van der Waals surface area (Å²) in [4.78, 5) is 12.3. The Kier molecular flexibility index (Phi) is 4.03. The Morgan fingerprint density at radius 1 is 1.24 bits per heavy atom. The second kappa shape index (κ2) is 5.75. The summed E-state index contributed by atoms with van der Waals surface area (Å²) in [6.45, 7) is 3.89. The van der Waals surface area contributed by atoms with Gasteiger partial charge in [0.25, 0.3) is 5.91 Å². The van der Waals surface area contributed by atoms with Gasteiger partial charge in [-0.15, -0.1) is 0 Å². The van der Waals surface area contributed by atoms with E-state index in [9.17, 15) is 9.90 Å². The minimum Gasteiger partial charge on any atom is -0.504 e. The maximum Gasteiger partial charge on any atom is 0.259 e. The average molecular weight is 286 g/mol. The van der Waals surface area contributed by atoms with Crippen molar-refractivity contribution in [2.75, 3.05) is 18.2 Å². The van der Waals surface area contributed by atoms with Crippen LogP contribution in [-0.2, 0) is 0 Å². The molecule has 2 rings (SSSR count). The summed E-state index contributed by atoms with van der Waals surface area (Å²) in [5, 5.41) is 12.7. The van der Waals surface area contributed by atoms with Crippen LogP contribution in [-0.4, -0.2) is 18.1 Å². The van der Waals surface area contributed by atoms with Crippen molar-refractivity contribution in [3.63, 3.8) is 0 Å². The molecule has 0 heterocycles. The number of ether oxygens (including phenoxy) is 1. The highest BCUT2D eigenvalue weighted by Gasteiger charge is 2.16. The lowest BCUT2D eigenvalue weighted by molar-refractivity contribution is 0.102. The highest BCUT2D eigenvalue weighted by atomic mass is 16.5. The molecule has 0 atom stereocenters. The van der Waals surface area contributed by atoms with E-state index in [4.69, 9.17) is 10.5 Å². The molecule has 4 N–H and O–H groups in total. The van der Waals surface area contributed by atoms with Gasteiger partial charge in [0.2, 0.25) is 0 Å². The summed E-state index contributed by atoms with van der Waals surface area (Å²) in [7, 11) is 1.43. The molecule has 1 amide bonds. The number of carbonyl (C=O) groups is 1. The first-order valence-electron chi connectivity index (χ1n) is 6.48. The summed E-state index contributed by atoms with van der Waals surface area (Å²) in [5.74, 6) is -0.392. The molecule has 110 valence electrons. The van der Waals surface area contributed by atoms with Crippen LogP contribution in [0.1, 0.15) is 21.5 Å². The summed E-state index contributed by atoms with van der Waals surface area (Å²) in [5.41, 5.74) is 9.11. The number of amides is 1. The van der Waals surface area contributed by atoms with Crippen molar-refractivity contribution < 1.29 is 14.6 Å². The van der Waals surface area contributed by atoms with Crippen LogP contribution in [0.5, 0.6) is 11.5 Å². The number of nitrogens with two attached hydrogens (primary N) is 1. The van der Waals surface area contributed by atoms with Gasteiger partial charge in [0.1, 0.15) is 0 Å². The molecule has 0 spiro atoms. The second-order valence-electron chi connectivity index (χ2n) is 4.83. The van der Waals surface area contributed by atoms with Crippen molar-refractivity contribution in [2.24, 2.45) is 0 Å². The van der Waals surface area contributed by atoms with Crippen LogP contribution in [0, 0.1) is 13.8 Å². The summed E-state index contributed by atoms with van der Waals surface area (Å²) >= 11 is 0. The third-order valence-corrected chi connectivity index (χ3v) is 3.38. The number of para-hydroxylation sites is 1. The average Bonchev–Trinajstić information content (AvgIpc) is 2.44. The number of anilines is 2. The number of carbonyl (C=O) groups excluding carboxylic acids is 1. The van der Waals surface area contributed by atoms with Crippen molar-refractivity contribution in [2.45, 2.75) is 13.8 Å². The minimum atomic E-state index is -0.443. The van der Waals surface area contributed by atoms with Gasteiger partial charge >= 0.3 is 0 Å². The zero-order chi connectivity index (χ0) is 15.6. The molecule has 0 bridgehead atoms. The molecule has 0 aliphatic rings. The van der Waals surface area contributed by atoms with E-state index in [1.54, 1.807) is 24.3 Å². The monoisotopic (exact) mass is 286 g/mol. The van der Waals surface area contributed by atoms with E-state index in [1.807, 2.05) is 13.8 Å². The number of aryl methyl sites for hydroxylation is 2. The SMILES string of the molecule is COc1cccc(C(=O)Nc2cc(C)c(C)cc2N)c1O. The van der Waals surface area contributed by atoms with Crippen LogP contribution in [0.4, 0.5) is 11.4 Å². The molecule has 0 aromatic heterocycles. The fourth-order valence-electron chi connectivity index (χ4n) is 2.01. The molecular weight excluding hydrogens is 268 g/mol. The fourth-order valence-corrected chi connectivity index (χ4v) is 2.01. The molecule has 0 fully saturated rings. The Morgan fingerprint density at radius 2 is 1.90 bits per heavy atom. The van der Waals surface area contributed by atoms with Crippen molar-refractivity contribution in [1.82, 2.24) is 0 Å². The number of benzene rings is 2. The van der Waals surface area contributed by atoms with Crippen molar-refractivity contribution in [1.29, 1.82) is 0 Å². The van der Waals surface area contributed by atoms with Crippen LogP contribution < -0.4 is 15.8 Å². The topological polar surface area (TPSA) is 84.6 Å². The van der Waals surface area contributed by atoms with E-state index in [-0.39, 0.29) is 17.1 Å². The number of hydrogen-bond donors (Lipinski definition) is 3. The van der Waals surface area contributed by atoms with Gasteiger partial charge in [-0.05, 0) is 49.2 Å².